The molecule has 0 aliphatic heterocycles. The molecule has 0 heterocycles. The van der Waals surface area contributed by atoms with Crippen molar-refractivity contribution in [3.63, 3.8) is 0 Å². The van der Waals surface area contributed by atoms with Gasteiger partial charge in [0.05, 0.1) is 9.85 Å². The van der Waals surface area contributed by atoms with Crippen LogP contribution in [0.3, 0.4) is 0 Å². The van der Waals surface area contributed by atoms with E-state index in [4.69, 9.17) is 14.2 Å². The fourth-order valence-electron chi connectivity index (χ4n) is 2.83. The van der Waals surface area contributed by atoms with Crippen LogP contribution in [0.25, 0.3) is 0 Å². The molecule has 0 bridgehead atoms. The van der Waals surface area contributed by atoms with Crippen molar-refractivity contribution in [2.75, 3.05) is 0 Å². The lowest BCUT2D eigenvalue weighted by Gasteiger charge is -2.09. The molecule has 0 N–H and O–H groups in total. The highest BCUT2D eigenvalue weighted by Gasteiger charge is 2.07. The Morgan fingerprint density at radius 2 is 0.576 bits per heavy atom. The molecular weight excluding hydrogens is 428 g/mol. The minimum absolute atomic E-state index is 0.00439. The second kappa shape index (κ2) is 9.48. The molecule has 9 nitrogen and oxygen atoms in total. The lowest BCUT2D eigenvalue weighted by atomic mass is 10.3. The van der Waals surface area contributed by atoms with E-state index in [1.54, 1.807) is 48.5 Å². The van der Waals surface area contributed by atoms with E-state index in [1.807, 2.05) is 0 Å². The van der Waals surface area contributed by atoms with E-state index in [-0.39, 0.29) is 11.4 Å². The van der Waals surface area contributed by atoms with Crippen LogP contribution < -0.4 is 14.2 Å². The summed E-state index contributed by atoms with van der Waals surface area (Å²) in [7, 11) is 0. The van der Waals surface area contributed by atoms with Crippen molar-refractivity contribution >= 4 is 11.4 Å². The van der Waals surface area contributed by atoms with Crippen LogP contribution in [-0.2, 0) is 0 Å². The van der Waals surface area contributed by atoms with E-state index >= 15 is 0 Å². The maximum atomic E-state index is 10.7. The summed E-state index contributed by atoms with van der Waals surface area (Å²) in [6, 6.07) is 25.5. The topological polar surface area (TPSA) is 114 Å². The normalized spacial score (nSPS) is 10.3. The van der Waals surface area contributed by atoms with Crippen LogP contribution in [0.15, 0.2) is 97.1 Å². The monoisotopic (exact) mass is 444 g/mol. The number of rotatable bonds is 8. The minimum Gasteiger partial charge on any atom is -0.457 e. The zero-order chi connectivity index (χ0) is 23.2. The Morgan fingerprint density at radius 3 is 0.758 bits per heavy atom. The Balaban J connectivity index is 1.34. The van der Waals surface area contributed by atoms with Crippen molar-refractivity contribution in [3.05, 3.63) is 117 Å². The molecule has 4 aromatic carbocycles. The second-order valence-corrected chi connectivity index (χ2v) is 6.75. The summed E-state index contributed by atoms with van der Waals surface area (Å²) in [5.41, 5.74) is -0.00878. The maximum Gasteiger partial charge on any atom is 0.269 e. The van der Waals surface area contributed by atoms with Crippen LogP contribution in [0.5, 0.6) is 34.5 Å². The van der Waals surface area contributed by atoms with Gasteiger partial charge in [-0.2, -0.15) is 0 Å². The van der Waals surface area contributed by atoms with Gasteiger partial charge < -0.3 is 14.2 Å². The molecule has 4 rings (SSSR count). The van der Waals surface area contributed by atoms with Crippen LogP contribution in [0, 0.1) is 20.2 Å². The van der Waals surface area contributed by atoms with Gasteiger partial charge in [0.25, 0.3) is 11.4 Å². The molecular formula is C24H16N2O7. The summed E-state index contributed by atoms with van der Waals surface area (Å²) in [4.78, 5) is 20.5. The van der Waals surface area contributed by atoms with Crippen molar-refractivity contribution in [3.8, 4) is 34.5 Å². The fraction of sp³-hybridized carbons (Fsp3) is 0. The van der Waals surface area contributed by atoms with Gasteiger partial charge >= 0.3 is 0 Å². The highest BCUT2D eigenvalue weighted by Crippen LogP contribution is 2.30. The van der Waals surface area contributed by atoms with E-state index < -0.39 is 9.85 Å². The molecule has 0 saturated heterocycles. The summed E-state index contributed by atoms with van der Waals surface area (Å²) in [5, 5.41) is 21.4. The molecule has 33 heavy (non-hydrogen) atoms. The van der Waals surface area contributed by atoms with Crippen LogP contribution in [-0.4, -0.2) is 9.85 Å². The highest BCUT2D eigenvalue weighted by atomic mass is 16.6. The van der Waals surface area contributed by atoms with Crippen LogP contribution in [0.2, 0.25) is 0 Å². The van der Waals surface area contributed by atoms with Gasteiger partial charge in [-0.3, -0.25) is 20.2 Å². The third kappa shape index (κ3) is 5.61. The number of nitro benzene ring substituents is 2. The van der Waals surface area contributed by atoms with Gasteiger partial charge in [0, 0.05) is 24.3 Å². The standard InChI is InChI=1S/C24H16N2O7/c27-25(28)17-1-5-19(6-2-17)31-21-9-13-23(14-10-21)33-24-15-11-22(12-16-24)32-20-7-3-18(4-8-20)26(29)30/h1-16H. The van der Waals surface area contributed by atoms with Crippen molar-refractivity contribution < 1.29 is 24.1 Å². The largest absolute Gasteiger partial charge is 0.457 e. The highest BCUT2D eigenvalue weighted by molar-refractivity contribution is 5.42. The first-order valence-corrected chi connectivity index (χ1v) is 9.69. The maximum absolute atomic E-state index is 10.7. The summed E-state index contributed by atoms with van der Waals surface area (Å²) < 4.78 is 17.2. The molecule has 9 heteroatoms. The third-order valence-corrected chi connectivity index (χ3v) is 4.45. The van der Waals surface area contributed by atoms with E-state index in [9.17, 15) is 20.2 Å². The number of nitrogens with zero attached hydrogens (tertiary/aromatic N) is 2. The molecule has 0 fully saturated rings. The van der Waals surface area contributed by atoms with Crippen molar-refractivity contribution in [1.29, 1.82) is 0 Å². The predicted octanol–water partition coefficient (Wildman–Crippen LogP) is 6.88. The number of nitro groups is 2. The van der Waals surface area contributed by atoms with Gasteiger partial charge in [-0.1, -0.05) is 0 Å². The molecule has 0 radical (unpaired) electrons. The summed E-state index contributed by atoms with van der Waals surface area (Å²) in [6.07, 6.45) is 0. The lowest BCUT2D eigenvalue weighted by Crippen LogP contribution is -1.89. The third-order valence-electron chi connectivity index (χ3n) is 4.45. The number of hydrogen-bond donors (Lipinski definition) is 0. The molecule has 0 unspecified atom stereocenters. The molecule has 0 aromatic heterocycles. The van der Waals surface area contributed by atoms with E-state index in [0.717, 1.165) is 0 Å². The van der Waals surface area contributed by atoms with Gasteiger partial charge in [0.15, 0.2) is 0 Å². The Labute approximate surface area is 187 Å². The molecule has 0 spiro atoms. The Bertz CT molecular complexity index is 1150. The molecule has 0 aliphatic rings. The van der Waals surface area contributed by atoms with Gasteiger partial charge in [0.2, 0.25) is 0 Å². The van der Waals surface area contributed by atoms with E-state index in [1.165, 1.54) is 48.5 Å². The van der Waals surface area contributed by atoms with Crippen molar-refractivity contribution in [2.45, 2.75) is 0 Å². The van der Waals surface area contributed by atoms with Crippen molar-refractivity contribution in [2.24, 2.45) is 0 Å². The van der Waals surface area contributed by atoms with Crippen LogP contribution >= 0.6 is 0 Å². The summed E-state index contributed by atoms with van der Waals surface area (Å²) >= 11 is 0. The Kier molecular flexibility index (Phi) is 6.12. The molecule has 164 valence electrons. The molecule has 4 aromatic rings. The predicted molar refractivity (Wildman–Crippen MR) is 119 cm³/mol. The first-order valence-electron chi connectivity index (χ1n) is 9.69. The Morgan fingerprint density at radius 1 is 0.394 bits per heavy atom. The fourth-order valence-corrected chi connectivity index (χ4v) is 2.83. The molecule has 0 amide bonds. The summed E-state index contributed by atoms with van der Waals surface area (Å²) in [6.45, 7) is 0. The quantitative estimate of drug-likeness (QED) is 0.215. The molecule has 0 atom stereocenters. The lowest BCUT2D eigenvalue weighted by molar-refractivity contribution is -0.385. The van der Waals surface area contributed by atoms with Gasteiger partial charge in [0.1, 0.15) is 34.5 Å². The van der Waals surface area contributed by atoms with Gasteiger partial charge in [-0.15, -0.1) is 0 Å². The minimum atomic E-state index is -0.468. The van der Waals surface area contributed by atoms with Crippen LogP contribution in [0.4, 0.5) is 11.4 Å². The number of hydrogen-bond acceptors (Lipinski definition) is 7. The number of ether oxygens (including phenoxy) is 3. The van der Waals surface area contributed by atoms with Crippen molar-refractivity contribution in [1.82, 2.24) is 0 Å². The van der Waals surface area contributed by atoms with Gasteiger partial charge in [-0.25, -0.2) is 0 Å². The first-order chi connectivity index (χ1) is 16.0. The second-order valence-electron chi connectivity index (χ2n) is 6.75. The van der Waals surface area contributed by atoms with Crippen LogP contribution in [0.1, 0.15) is 0 Å². The number of non-ortho nitro benzene ring substituents is 2. The smallest absolute Gasteiger partial charge is 0.269 e. The average Bonchev–Trinajstić information content (AvgIpc) is 2.82. The SMILES string of the molecule is O=[N+]([O-])c1ccc(Oc2ccc(Oc3ccc(Oc4ccc([N+](=O)[O-])cc4)cc3)cc2)cc1. The number of benzene rings is 4. The summed E-state index contributed by atoms with van der Waals surface area (Å²) in [5.74, 6) is 3.27. The molecule has 0 saturated carbocycles. The van der Waals surface area contributed by atoms with E-state index in [0.29, 0.717) is 34.5 Å². The van der Waals surface area contributed by atoms with Gasteiger partial charge in [-0.05, 0) is 72.8 Å². The first kappa shape index (κ1) is 21.3. The zero-order valence-corrected chi connectivity index (χ0v) is 17.0. The van der Waals surface area contributed by atoms with E-state index in [2.05, 4.69) is 0 Å². The zero-order valence-electron chi connectivity index (χ0n) is 17.0. The average molecular weight is 444 g/mol. The molecule has 0 aliphatic carbocycles. The Hall–Kier alpha value is -4.92.